The third-order valence-electron chi connectivity index (χ3n) is 7.04. The minimum atomic E-state index is 0.305. The summed E-state index contributed by atoms with van der Waals surface area (Å²) in [6, 6.07) is 22.6. The zero-order chi connectivity index (χ0) is 20.2. The summed E-state index contributed by atoms with van der Waals surface area (Å²) >= 11 is 0. The monoisotopic (exact) mass is 394 g/mol. The zero-order valence-electron chi connectivity index (χ0n) is 17.4. The number of para-hydroxylation sites is 1. The van der Waals surface area contributed by atoms with Crippen molar-refractivity contribution >= 4 is 27.5 Å². The van der Waals surface area contributed by atoms with Gasteiger partial charge >= 0.3 is 0 Å². The topological polar surface area (TPSA) is 26.2 Å². The molecule has 3 aromatic carbocycles. The van der Waals surface area contributed by atoms with Crippen molar-refractivity contribution in [2.24, 2.45) is 5.92 Å². The molecule has 4 aromatic rings. The van der Waals surface area contributed by atoms with Gasteiger partial charge in [0.05, 0.1) is 13.2 Å². The summed E-state index contributed by atoms with van der Waals surface area (Å²) in [6.45, 7) is 3.21. The third kappa shape index (κ3) is 2.44. The first-order chi connectivity index (χ1) is 14.8. The predicted molar refractivity (Wildman–Crippen MR) is 124 cm³/mol. The molecule has 1 aromatic heterocycles. The Morgan fingerprint density at radius 2 is 1.87 bits per heavy atom. The van der Waals surface area contributed by atoms with Crippen LogP contribution < -0.4 is 10.1 Å². The molecule has 3 nitrogen and oxygen atoms in total. The number of anilines is 1. The number of nitrogens with one attached hydrogen (secondary N) is 1. The Balaban J connectivity index is 1.49. The molecule has 1 aliphatic carbocycles. The second-order valence-corrected chi connectivity index (χ2v) is 8.47. The maximum Gasteiger partial charge on any atom is 0.119 e. The summed E-state index contributed by atoms with van der Waals surface area (Å²) < 4.78 is 7.91. The second kappa shape index (κ2) is 6.66. The molecule has 1 aliphatic heterocycles. The van der Waals surface area contributed by atoms with Gasteiger partial charge in [-0.3, -0.25) is 0 Å². The van der Waals surface area contributed by atoms with Gasteiger partial charge in [0, 0.05) is 40.0 Å². The lowest BCUT2D eigenvalue weighted by molar-refractivity contribution is 0.405. The first kappa shape index (κ1) is 17.6. The summed E-state index contributed by atoms with van der Waals surface area (Å²) in [5.41, 5.74) is 6.60. The average Bonchev–Trinajstić information content (AvgIpc) is 3.41. The van der Waals surface area contributed by atoms with Gasteiger partial charge < -0.3 is 14.6 Å². The molecular weight excluding hydrogens is 368 g/mol. The highest BCUT2D eigenvalue weighted by atomic mass is 16.5. The van der Waals surface area contributed by atoms with Crippen LogP contribution in [0.15, 0.2) is 72.8 Å². The number of aromatic nitrogens is 1. The van der Waals surface area contributed by atoms with Crippen LogP contribution in [0.5, 0.6) is 5.75 Å². The highest BCUT2D eigenvalue weighted by Crippen LogP contribution is 2.50. The number of aryl methyl sites for hydroxylation is 1. The van der Waals surface area contributed by atoms with Gasteiger partial charge in [0.2, 0.25) is 0 Å². The first-order valence-electron chi connectivity index (χ1n) is 10.9. The minimum Gasteiger partial charge on any atom is -0.497 e. The van der Waals surface area contributed by atoms with Crippen LogP contribution in [0, 0.1) is 5.92 Å². The molecule has 2 aliphatic rings. The lowest BCUT2D eigenvalue weighted by Crippen LogP contribution is -2.29. The largest absolute Gasteiger partial charge is 0.497 e. The number of methoxy groups -OCH3 is 1. The van der Waals surface area contributed by atoms with Crippen molar-refractivity contribution in [1.29, 1.82) is 0 Å². The van der Waals surface area contributed by atoms with Gasteiger partial charge in [0.1, 0.15) is 5.75 Å². The number of nitrogens with zero attached hydrogens (tertiary/aromatic N) is 1. The standard InChI is InChI=1S/C27H26N2O/c1-3-29-25-10-5-4-7-20(25)23-15-17(11-14-26(23)29)27-21-9-6-8-19(21)22-16-18(30-2)12-13-24(22)28-27/h4-8,10-16,19,21,27-28H,3,9H2,1-2H3. The SMILES string of the molecule is CCn1c2ccccc2c2cc(C3Nc4ccc(OC)cc4C4C=CCC43)ccc21. The number of hydrogen-bond donors (Lipinski definition) is 1. The third-order valence-corrected chi connectivity index (χ3v) is 7.04. The second-order valence-electron chi connectivity index (χ2n) is 8.47. The van der Waals surface area contributed by atoms with E-state index in [2.05, 4.69) is 89.6 Å². The van der Waals surface area contributed by atoms with E-state index in [0.717, 1.165) is 18.7 Å². The van der Waals surface area contributed by atoms with E-state index >= 15 is 0 Å². The molecule has 0 radical (unpaired) electrons. The summed E-state index contributed by atoms with van der Waals surface area (Å²) in [7, 11) is 1.74. The van der Waals surface area contributed by atoms with E-state index in [1.165, 1.54) is 38.6 Å². The Kier molecular flexibility index (Phi) is 3.92. The van der Waals surface area contributed by atoms with Crippen molar-refractivity contribution in [3.63, 3.8) is 0 Å². The van der Waals surface area contributed by atoms with Gasteiger partial charge in [-0.05, 0) is 66.8 Å². The fourth-order valence-corrected chi connectivity index (χ4v) is 5.63. The molecule has 1 N–H and O–H groups in total. The van der Waals surface area contributed by atoms with Crippen LogP contribution in [0.2, 0.25) is 0 Å². The van der Waals surface area contributed by atoms with E-state index in [1.807, 2.05) is 0 Å². The van der Waals surface area contributed by atoms with Gasteiger partial charge in [0.15, 0.2) is 0 Å². The molecule has 0 amide bonds. The lowest BCUT2D eigenvalue weighted by Gasteiger charge is -2.37. The van der Waals surface area contributed by atoms with Gasteiger partial charge in [-0.1, -0.05) is 36.4 Å². The van der Waals surface area contributed by atoms with E-state index in [9.17, 15) is 0 Å². The van der Waals surface area contributed by atoms with Crippen molar-refractivity contribution in [2.75, 3.05) is 12.4 Å². The molecule has 6 rings (SSSR count). The van der Waals surface area contributed by atoms with Crippen molar-refractivity contribution in [3.8, 4) is 5.75 Å². The number of hydrogen-bond acceptors (Lipinski definition) is 2. The Morgan fingerprint density at radius 1 is 1.00 bits per heavy atom. The number of ether oxygens (including phenoxy) is 1. The molecule has 150 valence electrons. The van der Waals surface area contributed by atoms with Crippen LogP contribution in [-0.4, -0.2) is 11.7 Å². The Bertz CT molecular complexity index is 1300. The Labute approximate surface area is 177 Å². The number of rotatable bonds is 3. The minimum absolute atomic E-state index is 0.305. The van der Waals surface area contributed by atoms with Gasteiger partial charge in [-0.15, -0.1) is 0 Å². The van der Waals surface area contributed by atoms with Crippen molar-refractivity contribution in [3.05, 3.63) is 83.9 Å². The predicted octanol–water partition coefficient (Wildman–Crippen LogP) is 6.65. The smallest absolute Gasteiger partial charge is 0.119 e. The van der Waals surface area contributed by atoms with Crippen molar-refractivity contribution < 1.29 is 4.74 Å². The molecule has 0 fully saturated rings. The molecule has 0 spiro atoms. The Morgan fingerprint density at radius 3 is 2.73 bits per heavy atom. The summed E-state index contributed by atoms with van der Waals surface area (Å²) in [5.74, 6) is 1.90. The summed E-state index contributed by atoms with van der Waals surface area (Å²) in [4.78, 5) is 0. The molecule has 30 heavy (non-hydrogen) atoms. The summed E-state index contributed by atoms with van der Waals surface area (Å²) in [6.07, 6.45) is 5.84. The maximum absolute atomic E-state index is 5.49. The van der Waals surface area contributed by atoms with Gasteiger partial charge in [-0.25, -0.2) is 0 Å². The molecule has 0 saturated carbocycles. The summed E-state index contributed by atoms with van der Waals surface area (Å²) in [5, 5.41) is 6.57. The number of allylic oxidation sites excluding steroid dienone is 2. The maximum atomic E-state index is 5.49. The van der Waals surface area contributed by atoms with Crippen LogP contribution in [0.1, 0.15) is 36.4 Å². The zero-order valence-corrected chi connectivity index (χ0v) is 17.4. The normalized spacial score (nSPS) is 22.1. The van der Waals surface area contributed by atoms with Crippen LogP contribution in [-0.2, 0) is 6.54 Å². The van der Waals surface area contributed by atoms with E-state index in [0.29, 0.717) is 17.9 Å². The van der Waals surface area contributed by atoms with Gasteiger partial charge in [-0.2, -0.15) is 0 Å². The van der Waals surface area contributed by atoms with Crippen LogP contribution >= 0.6 is 0 Å². The number of fused-ring (bicyclic) bond motifs is 6. The average molecular weight is 395 g/mol. The van der Waals surface area contributed by atoms with E-state index < -0.39 is 0 Å². The van der Waals surface area contributed by atoms with Crippen molar-refractivity contribution in [2.45, 2.75) is 31.8 Å². The van der Waals surface area contributed by atoms with E-state index in [4.69, 9.17) is 4.74 Å². The molecular formula is C27H26N2O. The van der Waals surface area contributed by atoms with Crippen LogP contribution in [0.3, 0.4) is 0 Å². The van der Waals surface area contributed by atoms with Crippen LogP contribution in [0.25, 0.3) is 21.8 Å². The molecule has 3 atom stereocenters. The first-order valence-corrected chi connectivity index (χ1v) is 10.9. The Hall–Kier alpha value is -3.20. The fourth-order valence-electron chi connectivity index (χ4n) is 5.63. The van der Waals surface area contributed by atoms with E-state index in [-0.39, 0.29) is 0 Å². The highest BCUT2D eigenvalue weighted by Gasteiger charge is 2.38. The van der Waals surface area contributed by atoms with Crippen LogP contribution in [0.4, 0.5) is 5.69 Å². The molecule has 2 heterocycles. The number of benzene rings is 3. The quantitative estimate of drug-likeness (QED) is 0.394. The molecule has 0 bridgehead atoms. The fraction of sp³-hybridized carbons (Fsp3) is 0.259. The molecule has 3 heteroatoms. The highest BCUT2D eigenvalue weighted by molar-refractivity contribution is 6.08. The van der Waals surface area contributed by atoms with Gasteiger partial charge in [0.25, 0.3) is 0 Å². The van der Waals surface area contributed by atoms with E-state index in [1.54, 1.807) is 7.11 Å². The molecule has 0 saturated heterocycles. The lowest BCUT2D eigenvalue weighted by atomic mass is 9.77. The van der Waals surface area contributed by atoms with Crippen molar-refractivity contribution in [1.82, 2.24) is 4.57 Å². The molecule has 3 unspecified atom stereocenters.